The monoisotopic (exact) mass is 348 g/mol. The first-order valence-electron chi connectivity index (χ1n) is 8.39. The van der Waals surface area contributed by atoms with Crippen molar-refractivity contribution in [1.29, 1.82) is 0 Å². The molecule has 1 aromatic carbocycles. The molecular weight excluding hydrogens is 320 g/mol. The summed E-state index contributed by atoms with van der Waals surface area (Å²) in [5, 5.41) is 8.69. The fourth-order valence-corrected chi connectivity index (χ4v) is 3.33. The molecule has 0 fully saturated rings. The highest BCUT2D eigenvalue weighted by Crippen LogP contribution is 2.25. The minimum absolute atomic E-state index is 0.0674. The van der Waals surface area contributed by atoms with Gasteiger partial charge in [0.25, 0.3) is 0 Å². The summed E-state index contributed by atoms with van der Waals surface area (Å²) in [6.45, 7) is 11.9. The van der Waals surface area contributed by atoms with Crippen molar-refractivity contribution in [2.24, 2.45) is 0 Å². The van der Waals surface area contributed by atoms with E-state index in [1.54, 1.807) is 18.9 Å². The zero-order valence-corrected chi connectivity index (χ0v) is 16.1. The Morgan fingerprint density at radius 3 is 2.42 bits per heavy atom. The number of hydrogen-bond donors (Lipinski definition) is 0. The molecule has 0 unspecified atom stereocenters. The van der Waals surface area contributed by atoms with Gasteiger partial charge in [-0.1, -0.05) is 19.1 Å². The first kappa shape index (κ1) is 18.8. The van der Waals surface area contributed by atoms with Gasteiger partial charge in [-0.15, -0.1) is 16.9 Å². The van der Waals surface area contributed by atoms with Crippen LogP contribution in [0.1, 0.15) is 33.4 Å². The predicted molar refractivity (Wildman–Crippen MR) is 99.7 cm³/mol. The van der Waals surface area contributed by atoms with Crippen LogP contribution < -0.4 is 4.74 Å². The number of likely N-dealkylation sites (N-methyl/N-ethyl adjacent to an activating group) is 1. The molecule has 0 radical (unpaired) electrons. The Bertz CT molecular complexity index is 620. The molecule has 0 N–H and O–H groups in total. The summed E-state index contributed by atoms with van der Waals surface area (Å²) in [7, 11) is 1.68. The molecule has 0 spiro atoms. The molecule has 0 atom stereocenters. The standard InChI is InChI=1S/C18H28N4OS/c1-6-21(7-2)14-18(3,4)22-12-15(19-20-22)13-24-17-10-8-16(23-5)9-11-17/h8-12H,6-7,13-14H2,1-5H3. The van der Waals surface area contributed by atoms with E-state index >= 15 is 0 Å². The van der Waals surface area contributed by atoms with E-state index in [9.17, 15) is 0 Å². The van der Waals surface area contributed by atoms with Crippen LogP contribution >= 0.6 is 11.8 Å². The molecule has 0 aliphatic carbocycles. The van der Waals surface area contributed by atoms with Gasteiger partial charge in [-0.25, -0.2) is 4.68 Å². The summed E-state index contributed by atoms with van der Waals surface area (Å²) in [6, 6.07) is 8.09. The lowest BCUT2D eigenvalue weighted by atomic mass is 10.1. The van der Waals surface area contributed by atoms with Crippen molar-refractivity contribution in [3.8, 4) is 5.75 Å². The topological polar surface area (TPSA) is 43.2 Å². The number of benzene rings is 1. The lowest BCUT2D eigenvalue weighted by Crippen LogP contribution is -2.41. The van der Waals surface area contributed by atoms with Gasteiger partial charge in [0.15, 0.2) is 0 Å². The third-order valence-electron chi connectivity index (χ3n) is 4.11. The molecule has 0 aliphatic rings. The Balaban J connectivity index is 1.96. The second-order valence-electron chi connectivity index (χ2n) is 6.39. The van der Waals surface area contributed by atoms with Gasteiger partial charge in [-0.05, 0) is 51.2 Å². The molecule has 1 aromatic heterocycles. The summed E-state index contributed by atoms with van der Waals surface area (Å²) < 4.78 is 7.18. The lowest BCUT2D eigenvalue weighted by Gasteiger charge is -2.31. The maximum atomic E-state index is 5.18. The number of hydrogen-bond acceptors (Lipinski definition) is 5. The van der Waals surface area contributed by atoms with Crippen molar-refractivity contribution in [3.63, 3.8) is 0 Å². The third kappa shape index (κ3) is 4.98. The zero-order valence-electron chi connectivity index (χ0n) is 15.3. The van der Waals surface area contributed by atoms with E-state index in [1.807, 2.05) is 16.8 Å². The summed E-state index contributed by atoms with van der Waals surface area (Å²) in [5.74, 6) is 1.69. The number of methoxy groups -OCH3 is 1. The second kappa shape index (κ2) is 8.53. The van der Waals surface area contributed by atoms with E-state index in [2.05, 4.69) is 61.2 Å². The second-order valence-corrected chi connectivity index (χ2v) is 7.44. The van der Waals surface area contributed by atoms with Gasteiger partial charge in [0, 0.05) is 23.4 Å². The van der Waals surface area contributed by atoms with Crippen LogP contribution in [-0.4, -0.2) is 46.6 Å². The number of ether oxygens (including phenoxy) is 1. The molecule has 24 heavy (non-hydrogen) atoms. The summed E-state index contributed by atoms with van der Waals surface area (Å²) in [5.41, 5.74) is 0.936. The molecule has 0 aliphatic heterocycles. The predicted octanol–water partition coefficient (Wildman–Crippen LogP) is 3.66. The van der Waals surface area contributed by atoms with Crippen molar-refractivity contribution in [2.45, 2.75) is 43.9 Å². The van der Waals surface area contributed by atoms with Crippen LogP contribution in [0.15, 0.2) is 35.4 Å². The fourth-order valence-electron chi connectivity index (χ4n) is 2.56. The minimum atomic E-state index is -0.0674. The van der Waals surface area contributed by atoms with Gasteiger partial charge >= 0.3 is 0 Å². The molecule has 0 saturated carbocycles. The van der Waals surface area contributed by atoms with Gasteiger partial charge in [0.1, 0.15) is 5.75 Å². The summed E-state index contributed by atoms with van der Waals surface area (Å²) in [4.78, 5) is 3.61. The van der Waals surface area contributed by atoms with Crippen molar-refractivity contribution >= 4 is 11.8 Å². The van der Waals surface area contributed by atoms with Gasteiger partial charge in [0.05, 0.1) is 18.3 Å². The maximum absolute atomic E-state index is 5.18. The first-order valence-corrected chi connectivity index (χ1v) is 9.38. The normalized spacial score (nSPS) is 11.9. The molecule has 132 valence electrons. The Morgan fingerprint density at radius 1 is 1.17 bits per heavy atom. The lowest BCUT2D eigenvalue weighted by molar-refractivity contribution is 0.180. The quantitative estimate of drug-likeness (QED) is 0.647. The van der Waals surface area contributed by atoms with Crippen LogP contribution in [-0.2, 0) is 11.3 Å². The van der Waals surface area contributed by atoms with Crippen LogP contribution in [0.2, 0.25) is 0 Å². The van der Waals surface area contributed by atoms with Gasteiger partial charge < -0.3 is 9.64 Å². The number of rotatable bonds is 9. The van der Waals surface area contributed by atoms with Crippen LogP contribution in [0.5, 0.6) is 5.75 Å². The zero-order chi connectivity index (χ0) is 17.6. The van der Waals surface area contributed by atoms with Crippen molar-refractivity contribution in [1.82, 2.24) is 19.9 Å². The van der Waals surface area contributed by atoms with E-state index < -0.39 is 0 Å². The third-order valence-corrected chi connectivity index (χ3v) is 5.16. The first-order chi connectivity index (χ1) is 11.5. The Hall–Kier alpha value is -1.53. The molecule has 0 bridgehead atoms. The van der Waals surface area contributed by atoms with Crippen LogP contribution in [0.25, 0.3) is 0 Å². The smallest absolute Gasteiger partial charge is 0.118 e. The van der Waals surface area contributed by atoms with Gasteiger partial charge in [-0.2, -0.15) is 0 Å². The SMILES string of the molecule is CCN(CC)CC(C)(C)n1cc(CSc2ccc(OC)cc2)nn1. The fraction of sp³-hybridized carbons (Fsp3) is 0.556. The highest BCUT2D eigenvalue weighted by molar-refractivity contribution is 7.98. The number of nitrogens with zero attached hydrogens (tertiary/aromatic N) is 4. The van der Waals surface area contributed by atoms with Crippen LogP contribution in [0, 0.1) is 0 Å². The van der Waals surface area contributed by atoms with Gasteiger partial charge in [-0.3, -0.25) is 0 Å². The van der Waals surface area contributed by atoms with E-state index in [0.29, 0.717) is 0 Å². The molecule has 2 aromatic rings. The minimum Gasteiger partial charge on any atom is -0.497 e. The average molecular weight is 349 g/mol. The van der Waals surface area contributed by atoms with E-state index in [1.165, 1.54) is 4.90 Å². The molecule has 0 saturated heterocycles. The van der Waals surface area contributed by atoms with E-state index in [-0.39, 0.29) is 5.54 Å². The van der Waals surface area contributed by atoms with Crippen molar-refractivity contribution in [2.75, 3.05) is 26.7 Å². The van der Waals surface area contributed by atoms with Gasteiger partial charge in [0.2, 0.25) is 0 Å². The highest BCUT2D eigenvalue weighted by atomic mass is 32.2. The molecule has 6 heteroatoms. The maximum Gasteiger partial charge on any atom is 0.118 e. The Morgan fingerprint density at radius 2 is 1.83 bits per heavy atom. The number of thioether (sulfide) groups is 1. The molecule has 1 heterocycles. The van der Waals surface area contributed by atoms with Crippen molar-refractivity contribution in [3.05, 3.63) is 36.2 Å². The highest BCUT2D eigenvalue weighted by Gasteiger charge is 2.24. The molecule has 5 nitrogen and oxygen atoms in total. The van der Waals surface area contributed by atoms with Crippen molar-refractivity contribution < 1.29 is 4.74 Å². The average Bonchev–Trinajstić information content (AvgIpc) is 3.08. The van der Waals surface area contributed by atoms with E-state index in [0.717, 1.165) is 36.8 Å². The molecule has 2 rings (SSSR count). The summed E-state index contributed by atoms with van der Waals surface area (Å²) >= 11 is 1.76. The van der Waals surface area contributed by atoms with Crippen LogP contribution in [0.4, 0.5) is 0 Å². The molecule has 0 amide bonds. The largest absolute Gasteiger partial charge is 0.497 e. The number of aromatic nitrogens is 3. The van der Waals surface area contributed by atoms with Crippen LogP contribution in [0.3, 0.4) is 0 Å². The molecular formula is C18H28N4OS. The Labute approximate surface area is 149 Å². The van der Waals surface area contributed by atoms with E-state index in [4.69, 9.17) is 4.74 Å². The summed E-state index contributed by atoms with van der Waals surface area (Å²) in [6.07, 6.45) is 2.07. The Kier molecular flexibility index (Phi) is 6.69.